The molecule has 5 nitrogen and oxygen atoms in total. The number of thiophene rings is 1. The van der Waals surface area contributed by atoms with Crippen molar-refractivity contribution >= 4 is 45.3 Å². The maximum absolute atomic E-state index is 12.7. The minimum absolute atomic E-state index is 0.0768. The molecule has 2 aromatic heterocycles. The average molecular weight is 417 g/mol. The molecule has 1 aliphatic carbocycles. The van der Waals surface area contributed by atoms with Gasteiger partial charge in [-0.1, -0.05) is 24.6 Å². The van der Waals surface area contributed by atoms with Gasteiger partial charge in [0.1, 0.15) is 10.7 Å². The van der Waals surface area contributed by atoms with Gasteiger partial charge in [-0.25, -0.2) is 4.98 Å². The summed E-state index contributed by atoms with van der Waals surface area (Å²) >= 11 is 7.70. The highest BCUT2D eigenvalue weighted by molar-refractivity contribution is 7.18. The Morgan fingerprint density at radius 2 is 2.25 bits per heavy atom. The SMILES string of the molecule is CCOc1cc(/C=C/c2nc3sc4c(c3c(=O)[nH]2)CC[C@H](C)C4)cc(Cl)c1O. The summed E-state index contributed by atoms with van der Waals surface area (Å²) in [6, 6.07) is 3.33. The summed E-state index contributed by atoms with van der Waals surface area (Å²) in [6.45, 7) is 4.50. The Morgan fingerprint density at radius 3 is 3.04 bits per heavy atom. The topological polar surface area (TPSA) is 75.2 Å². The number of phenolic OH excluding ortho intramolecular Hbond substituents is 1. The van der Waals surface area contributed by atoms with Gasteiger partial charge in [-0.3, -0.25) is 4.79 Å². The van der Waals surface area contributed by atoms with E-state index >= 15 is 0 Å². The molecule has 0 saturated carbocycles. The molecule has 0 amide bonds. The van der Waals surface area contributed by atoms with Crippen LogP contribution >= 0.6 is 22.9 Å². The predicted octanol–water partition coefficient (Wildman–Crippen LogP) is 5.04. The van der Waals surface area contributed by atoms with E-state index in [2.05, 4.69) is 16.9 Å². The molecule has 0 radical (unpaired) electrons. The predicted molar refractivity (Wildman–Crippen MR) is 115 cm³/mol. The number of aromatic amines is 1. The zero-order chi connectivity index (χ0) is 19.8. The van der Waals surface area contributed by atoms with Gasteiger partial charge in [0.05, 0.1) is 17.0 Å². The van der Waals surface area contributed by atoms with Crippen LogP contribution in [0.25, 0.3) is 22.4 Å². The number of benzene rings is 1. The van der Waals surface area contributed by atoms with Crippen LogP contribution in [0.3, 0.4) is 0 Å². The van der Waals surface area contributed by atoms with Crippen molar-refractivity contribution in [2.75, 3.05) is 6.61 Å². The van der Waals surface area contributed by atoms with Crippen molar-refractivity contribution in [3.8, 4) is 11.5 Å². The fourth-order valence-electron chi connectivity index (χ4n) is 3.58. The highest BCUT2D eigenvalue weighted by Crippen LogP contribution is 2.37. The smallest absolute Gasteiger partial charge is 0.260 e. The molecule has 146 valence electrons. The number of hydrogen-bond acceptors (Lipinski definition) is 5. The minimum Gasteiger partial charge on any atom is -0.503 e. The van der Waals surface area contributed by atoms with E-state index in [0.717, 1.165) is 35.0 Å². The number of nitrogens with zero attached hydrogens (tertiary/aromatic N) is 1. The van der Waals surface area contributed by atoms with Crippen LogP contribution in [0, 0.1) is 5.92 Å². The van der Waals surface area contributed by atoms with Crippen molar-refractivity contribution in [3.63, 3.8) is 0 Å². The zero-order valence-electron chi connectivity index (χ0n) is 15.7. The van der Waals surface area contributed by atoms with Crippen molar-refractivity contribution in [2.45, 2.75) is 33.1 Å². The van der Waals surface area contributed by atoms with Gasteiger partial charge in [-0.15, -0.1) is 11.3 Å². The molecule has 2 heterocycles. The molecule has 7 heteroatoms. The largest absolute Gasteiger partial charge is 0.503 e. The second kappa shape index (κ2) is 7.60. The van der Waals surface area contributed by atoms with E-state index in [-0.39, 0.29) is 16.3 Å². The molecule has 1 atom stereocenters. The molecule has 0 saturated heterocycles. The number of aromatic hydroxyl groups is 1. The van der Waals surface area contributed by atoms with Crippen LogP contribution in [0.1, 0.15) is 42.1 Å². The number of phenols is 1. The number of rotatable bonds is 4. The summed E-state index contributed by atoms with van der Waals surface area (Å²) in [5.74, 6) is 1.39. The quantitative estimate of drug-likeness (QED) is 0.624. The van der Waals surface area contributed by atoms with Crippen LogP contribution in [0.4, 0.5) is 0 Å². The van der Waals surface area contributed by atoms with Crippen LogP contribution in [-0.4, -0.2) is 21.7 Å². The Balaban J connectivity index is 1.70. The van der Waals surface area contributed by atoms with Crippen LogP contribution in [0.5, 0.6) is 11.5 Å². The first-order chi connectivity index (χ1) is 13.5. The van der Waals surface area contributed by atoms with Crippen LogP contribution in [0.15, 0.2) is 16.9 Å². The van der Waals surface area contributed by atoms with Gasteiger partial charge in [0.2, 0.25) is 0 Å². The lowest BCUT2D eigenvalue weighted by molar-refractivity contribution is 0.318. The van der Waals surface area contributed by atoms with Crippen LogP contribution < -0.4 is 10.3 Å². The van der Waals surface area contributed by atoms with E-state index in [4.69, 9.17) is 16.3 Å². The normalized spacial score (nSPS) is 16.6. The number of ether oxygens (including phenoxy) is 1. The molecule has 2 N–H and O–H groups in total. The van der Waals surface area contributed by atoms with E-state index in [1.165, 1.54) is 10.4 Å². The van der Waals surface area contributed by atoms with Gasteiger partial charge in [0.15, 0.2) is 11.5 Å². The van der Waals surface area contributed by atoms with E-state index < -0.39 is 0 Å². The molecular weight excluding hydrogens is 396 g/mol. The number of nitrogens with one attached hydrogen (secondary N) is 1. The molecule has 0 spiro atoms. The van der Waals surface area contributed by atoms with Crippen molar-refractivity contribution in [3.05, 3.63) is 49.3 Å². The minimum atomic E-state index is -0.0875. The fraction of sp³-hybridized carbons (Fsp3) is 0.333. The standard InChI is InChI=1S/C21H21ClN2O3S/c1-3-27-15-10-12(9-14(22)19(15)25)5-7-17-23-20(26)18-13-6-4-11(2)8-16(13)28-21(18)24-17/h5,7,9-11,25H,3-4,6,8H2,1-2H3,(H,23,24,26)/b7-5+/t11-/m0/s1. The van der Waals surface area contributed by atoms with Crippen molar-refractivity contribution in [2.24, 2.45) is 5.92 Å². The first kappa shape index (κ1) is 19.0. The summed E-state index contributed by atoms with van der Waals surface area (Å²) in [5, 5.41) is 10.9. The van der Waals surface area contributed by atoms with Crippen molar-refractivity contribution < 1.29 is 9.84 Å². The van der Waals surface area contributed by atoms with Gasteiger partial charge in [-0.2, -0.15) is 0 Å². The molecule has 0 fully saturated rings. The molecule has 28 heavy (non-hydrogen) atoms. The molecule has 0 bridgehead atoms. The lowest BCUT2D eigenvalue weighted by Gasteiger charge is -2.17. The van der Waals surface area contributed by atoms with Gasteiger partial charge in [0, 0.05) is 4.88 Å². The summed E-state index contributed by atoms with van der Waals surface area (Å²) < 4.78 is 5.40. The highest BCUT2D eigenvalue weighted by atomic mass is 35.5. The van der Waals surface area contributed by atoms with E-state index in [9.17, 15) is 9.90 Å². The van der Waals surface area contributed by atoms with Gasteiger partial charge >= 0.3 is 0 Å². The highest BCUT2D eigenvalue weighted by Gasteiger charge is 2.22. The monoisotopic (exact) mass is 416 g/mol. The first-order valence-electron chi connectivity index (χ1n) is 9.34. The third-order valence-corrected chi connectivity index (χ3v) is 6.40. The zero-order valence-corrected chi connectivity index (χ0v) is 17.3. The second-order valence-corrected chi connectivity index (χ2v) is 8.59. The average Bonchev–Trinajstić information content (AvgIpc) is 3.01. The second-order valence-electron chi connectivity index (χ2n) is 7.10. The number of aryl methyl sites for hydroxylation is 1. The van der Waals surface area contributed by atoms with Crippen molar-refractivity contribution in [1.29, 1.82) is 0 Å². The Labute approximate surface area is 171 Å². The molecular formula is C21H21ClN2O3S. The van der Waals surface area contributed by atoms with Gasteiger partial charge < -0.3 is 14.8 Å². The number of H-pyrrole nitrogens is 1. The number of fused-ring (bicyclic) bond motifs is 3. The lowest BCUT2D eigenvalue weighted by Crippen LogP contribution is -2.13. The van der Waals surface area contributed by atoms with Crippen LogP contribution in [-0.2, 0) is 12.8 Å². The van der Waals surface area contributed by atoms with E-state index in [1.807, 2.05) is 6.92 Å². The molecule has 3 aromatic rings. The number of aromatic nitrogens is 2. The molecule has 0 unspecified atom stereocenters. The maximum atomic E-state index is 12.7. The first-order valence-corrected chi connectivity index (χ1v) is 10.5. The summed E-state index contributed by atoms with van der Waals surface area (Å²) in [4.78, 5) is 22.3. The van der Waals surface area contributed by atoms with Crippen molar-refractivity contribution in [1.82, 2.24) is 9.97 Å². The molecule has 1 aromatic carbocycles. The summed E-state index contributed by atoms with van der Waals surface area (Å²) in [5.41, 5.74) is 1.83. The van der Waals surface area contributed by atoms with Gasteiger partial charge in [0.25, 0.3) is 5.56 Å². The molecule has 4 rings (SSSR count). The molecule has 0 aliphatic heterocycles. The van der Waals surface area contributed by atoms with Gasteiger partial charge in [-0.05, 0) is 61.4 Å². The Hall–Kier alpha value is -2.31. The number of hydrogen-bond donors (Lipinski definition) is 2. The Kier molecular flexibility index (Phi) is 5.17. The number of halogens is 1. The maximum Gasteiger partial charge on any atom is 0.260 e. The third-order valence-electron chi connectivity index (χ3n) is 4.97. The van der Waals surface area contributed by atoms with E-state index in [0.29, 0.717) is 24.1 Å². The Morgan fingerprint density at radius 1 is 1.43 bits per heavy atom. The Bertz CT molecular complexity index is 1130. The third kappa shape index (κ3) is 3.54. The molecule has 1 aliphatic rings. The van der Waals surface area contributed by atoms with Crippen LogP contribution in [0.2, 0.25) is 5.02 Å². The van der Waals surface area contributed by atoms with E-state index in [1.54, 1.807) is 35.6 Å². The summed E-state index contributed by atoms with van der Waals surface area (Å²) in [7, 11) is 0. The lowest BCUT2D eigenvalue weighted by atomic mass is 9.89. The summed E-state index contributed by atoms with van der Waals surface area (Å²) in [6.07, 6.45) is 6.60. The fourth-order valence-corrected chi connectivity index (χ4v) is 5.18.